The molecule has 0 bridgehead atoms. The van der Waals surface area contributed by atoms with Crippen LogP contribution in [0.15, 0.2) is 78.2 Å². The second-order valence-corrected chi connectivity index (χ2v) is 8.25. The molecule has 2 aromatic carbocycles. The Kier molecular flexibility index (Phi) is 5.64. The monoisotopic (exact) mass is 431 g/mol. The number of para-hydroxylation sites is 1. The summed E-state index contributed by atoms with van der Waals surface area (Å²) in [7, 11) is 0. The molecular formula is C23H21N5O2S. The van der Waals surface area contributed by atoms with Crippen LogP contribution in [-0.4, -0.2) is 56.9 Å². The Morgan fingerprint density at radius 2 is 1.68 bits per heavy atom. The van der Waals surface area contributed by atoms with Crippen LogP contribution in [0.1, 0.15) is 10.8 Å². The molecule has 1 fully saturated rings. The summed E-state index contributed by atoms with van der Waals surface area (Å²) in [5, 5.41) is 5.69. The molecule has 1 atom stereocenters. The maximum absolute atomic E-state index is 13.5. The Morgan fingerprint density at radius 1 is 0.968 bits per heavy atom. The first kappa shape index (κ1) is 19.7. The maximum atomic E-state index is 13.5. The normalized spacial score (nSPS) is 15.2. The van der Waals surface area contributed by atoms with Gasteiger partial charge in [-0.25, -0.2) is 14.6 Å². The van der Waals surface area contributed by atoms with Crippen LogP contribution in [0.4, 0.5) is 0 Å². The van der Waals surface area contributed by atoms with E-state index >= 15 is 0 Å². The predicted molar refractivity (Wildman–Crippen MR) is 119 cm³/mol. The van der Waals surface area contributed by atoms with Gasteiger partial charge in [0.25, 0.3) is 0 Å². The van der Waals surface area contributed by atoms with Crippen LogP contribution in [0.25, 0.3) is 16.7 Å². The second kappa shape index (κ2) is 8.87. The van der Waals surface area contributed by atoms with E-state index in [1.54, 1.807) is 10.9 Å². The molecule has 0 aliphatic carbocycles. The van der Waals surface area contributed by atoms with Crippen molar-refractivity contribution in [1.82, 2.24) is 24.6 Å². The number of amides is 1. The van der Waals surface area contributed by atoms with Crippen molar-refractivity contribution < 1.29 is 9.53 Å². The highest BCUT2D eigenvalue weighted by molar-refractivity contribution is 8.00. The van der Waals surface area contributed by atoms with E-state index < -0.39 is 5.25 Å². The molecule has 0 radical (unpaired) electrons. The molecule has 7 nitrogen and oxygen atoms in total. The molecule has 3 heterocycles. The summed E-state index contributed by atoms with van der Waals surface area (Å²) in [5.41, 5.74) is 2.59. The largest absolute Gasteiger partial charge is 0.378 e. The summed E-state index contributed by atoms with van der Waals surface area (Å²) in [4.78, 5) is 24.3. The first-order valence-electron chi connectivity index (χ1n) is 10.1. The van der Waals surface area contributed by atoms with Crippen LogP contribution < -0.4 is 0 Å². The van der Waals surface area contributed by atoms with E-state index in [0.29, 0.717) is 32.0 Å². The van der Waals surface area contributed by atoms with E-state index in [1.807, 2.05) is 65.6 Å². The second-order valence-electron chi connectivity index (χ2n) is 7.15. The molecule has 156 valence electrons. The van der Waals surface area contributed by atoms with Crippen molar-refractivity contribution in [1.29, 1.82) is 0 Å². The molecule has 1 saturated heterocycles. The zero-order valence-corrected chi connectivity index (χ0v) is 17.6. The number of hydrogen-bond donors (Lipinski definition) is 0. The minimum atomic E-state index is -0.405. The Bertz CT molecular complexity index is 1180. The van der Waals surface area contributed by atoms with Gasteiger partial charge in [0, 0.05) is 13.1 Å². The van der Waals surface area contributed by atoms with Crippen molar-refractivity contribution in [2.24, 2.45) is 0 Å². The molecule has 8 heteroatoms. The van der Waals surface area contributed by atoms with Gasteiger partial charge in [-0.15, -0.1) is 0 Å². The van der Waals surface area contributed by atoms with Gasteiger partial charge in [0.15, 0.2) is 5.65 Å². The minimum Gasteiger partial charge on any atom is -0.378 e. The van der Waals surface area contributed by atoms with Crippen molar-refractivity contribution in [3.8, 4) is 5.69 Å². The van der Waals surface area contributed by atoms with Gasteiger partial charge in [0.2, 0.25) is 5.91 Å². The topological polar surface area (TPSA) is 73.1 Å². The number of benzene rings is 2. The van der Waals surface area contributed by atoms with Crippen LogP contribution in [-0.2, 0) is 9.53 Å². The number of fused-ring (bicyclic) bond motifs is 1. The lowest BCUT2D eigenvalue weighted by atomic mass is 10.1. The van der Waals surface area contributed by atoms with E-state index in [1.165, 1.54) is 18.1 Å². The first-order valence-corrected chi connectivity index (χ1v) is 11.0. The van der Waals surface area contributed by atoms with Crippen LogP contribution in [0.5, 0.6) is 0 Å². The smallest absolute Gasteiger partial charge is 0.240 e. The van der Waals surface area contributed by atoms with Gasteiger partial charge in [-0.3, -0.25) is 4.79 Å². The van der Waals surface area contributed by atoms with Gasteiger partial charge in [-0.2, -0.15) is 5.10 Å². The zero-order valence-electron chi connectivity index (χ0n) is 16.8. The fourth-order valence-corrected chi connectivity index (χ4v) is 4.77. The summed E-state index contributed by atoms with van der Waals surface area (Å²) in [5.74, 6) is 0.0710. The van der Waals surface area contributed by atoms with Crippen molar-refractivity contribution in [2.45, 2.75) is 10.3 Å². The Morgan fingerprint density at radius 3 is 2.42 bits per heavy atom. The molecular weight excluding hydrogens is 410 g/mol. The lowest BCUT2D eigenvalue weighted by Gasteiger charge is -2.30. The maximum Gasteiger partial charge on any atom is 0.240 e. The summed E-state index contributed by atoms with van der Waals surface area (Å²) in [6.45, 7) is 2.35. The average Bonchev–Trinajstić information content (AvgIpc) is 3.29. The van der Waals surface area contributed by atoms with Gasteiger partial charge < -0.3 is 9.64 Å². The van der Waals surface area contributed by atoms with Gasteiger partial charge >= 0.3 is 0 Å². The molecule has 0 spiro atoms. The first-order chi connectivity index (χ1) is 15.3. The summed E-state index contributed by atoms with van der Waals surface area (Å²) in [6, 6.07) is 19.7. The molecule has 1 amide bonds. The number of carbonyl (C=O) groups is 1. The number of carbonyl (C=O) groups excluding carboxylic acids is 1. The van der Waals surface area contributed by atoms with Crippen LogP contribution in [0.3, 0.4) is 0 Å². The van der Waals surface area contributed by atoms with Crippen LogP contribution >= 0.6 is 11.8 Å². The Hall–Kier alpha value is -3.23. The highest BCUT2D eigenvalue weighted by Gasteiger charge is 2.29. The summed E-state index contributed by atoms with van der Waals surface area (Å²) >= 11 is 1.45. The highest BCUT2D eigenvalue weighted by Crippen LogP contribution is 2.38. The molecule has 0 N–H and O–H groups in total. The molecule has 1 aliphatic rings. The molecule has 5 rings (SSSR count). The van der Waals surface area contributed by atoms with E-state index in [2.05, 4.69) is 15.1 Å². The molecule has 1 aliphatic heterocycles. The van der Waals surface area contributed by atoms with E-state index in [0.717, 1.165) is 21.7 Å². The predicted octanol–water partition coefficient (Wildman–Crippen LogP) is 3.51. The van der Waals surface area contributed by atoms with E-state index in [-0.39, 0.29) is 5.91 Å². The van der Waals surface area contributed by atoms with Gasteiger partial charge in [-0.1, -0.05) is 60.3 Å². The zero-order chi connectivity index (χ0) is 21.0. The van der Waals surface area contributed by atoms with Crippen molar-refractivity contribution in [3.05, 3.63) is 78.8 Å². The minimum absolute atomic E-state index is 0.0710. The molecule has 31 heavy (non-hydrogen) atoms. The number of rotatable bonds is 5. The van der Waals surface area contributed by atoms with Crippen LogP contribution in [0, 0.1) is 0 Å². The molecule has 4 aromatic rings. The van der Waals surface area contributed by atoms with Crippen molar-refractivity contribution in [2.75, 3.05) is 26.3 Å². The quantitative estimate of drug-likeness (QED) is 0.356. The Labute approximate surface area is 184 Å². The molecule has 0 saturated carbocycles. The van der Waals surface area contributed by atoms with Gasteiger partial charge in [-0.05, 0) is 17.7 Å². The van der Waals surface area contributed by atoms with E-state index in [9.17, 15) is 4.79 Å². The number of morpholine rings is 1. The fraction of sp³-hybridized carbons (Fsp3) is 0.217. The highest BCUT2D eigenvalue weighted by atomic mass is 32.2. The van der Waals surface area contributed by atoms with Crippen molar-refractivity contribution in [3.63, 3.8) is 0 Å². The Balaban J connectivity index is 1.52. The van der Waals surface area contributed by atoms with Crippen LogP contribution in [0.2, 0.25) is 0 Å². The molecule has 2 aromatic heterocycles. The molecule has 0 unspecified atom stereocenters. The van der Waals surface area contributed by atoms with Gasteiger partial charge in [0.1, 0.15) is 16.6 Å². The number of nitrogens with zero attached hydrogens (tertiary/aromatic N) is 5. The van der Waals surface area contributed by atoms with E-state index in [4.69, 9.17) is 4.74 Å². The fourth-order valence-electron chi connectivity index (χ4n) is 3.62. The number of hydrogen-bond acceptors (Lipinski definition) is 6. The SMILES string of the molecule is O=C([C@H](Sc1ncnc2c1cnn2-c1ccccc1)c1ccccc1)N1CCOCC1. The standard InChI is InChI=1S/C23H21N5O2S/c29-23(27-11-13-30-14-12-27)20(17-7-3-1-4-8-17)31-22-19-15-26-28(21(19)24-16-25-22)18-9-5-2-6-10-18/h1-10,15-16,20H,11-14H2/t20-/m1/s1. The number of aromatic nitrogens is 4. The lowest BCUT2D eigenvalue weighted by Crippen LogP contribution is -2.42. The third-order valence-corrected chi connectivity index (χ3v) is 6.47. The van der Waals surface area contributed by atoms with Crippen molar-refractivity contribution >= 4 is 28.7 Å². The third-order valence-electron chi connectivity index (χ3n) is 5.21. The number of thioether (sulfide) groups is 1. The van der Waals surface area contributed by atoms with Gasteiger partial charge in [0.05, 0.1) is 30.5 Å². The number of ether oxygens (including phenoxy) is 1. The lowest BCUT2D eigenvalue weighted by molar-refractivity contribution is -0.134. The summed E-state index contributed by atoms with van der Waals surface area (Å²) in [6.07, 6.45) is 3.30. The third kappa shape index (κ3) is 4.04. The average molecular weight is 432 g/mol. The summed E-state index contributed by atoms with van der Waals surface area (Å²) < 4.78 is 7.22.